The normalized spacial score (nSPS) is 11.6. The third-order valence-corrected chi connectivity index (χ3v) is 8.88. The first kappa shape index (κ1) is 34.3. The Morgan fingerprint density at radius 3 is 2.14 bits per heavy atom. The molecule has 0 saturated heterocycles. The molecule has 0 fully saturated rings. The van der Waals surface area contributed by atoms with Crippen LogP contribution in [0.15, 0.2) is 79.0 Å². The van der Waals surface area contributed by atoms with Crippen molar-refractivity contribution < 1.29 is 29.6 Å². The van der Waals surface area contributed by atoms with Crippen LogP contribution in [0.25, 0.3) is 44.4 Å². The number of benzene rings is 4. The monoisotopic (exact) mass is 740 g/mol. The van der Waals surface area contributed by atoms with Crippen molar-refractivity contribution in [2.45, 2.75) is 67.2 Å². The van der Waals surface area contributed by atoms with E-state index in [0.717, 1.165) is 44.4 Å². The molecule has 0 N–H and O–H groups in total. The molecule has 0 amide bonds. The molecule has 250 valence electrons. The minimum atomic E-state index is -0.351. The van der Waals surface area contributed by atoms with E-state index in [4.69, 9.17) is 9.84 Å². The van der Waals surface area contributed by atoms with Gasteiger partial charge in [-0.2, -0.15) is 16.7 Å². The molecule has 0 atom stereocenters. The van der Waals surface area contributed by atoms with Gasteiger partial charge in [0.25, 0.3) is 0 Å². The fourth-order valence-corrected chi connectivity index (χ4v) is 7.04. The van der Waals surface area contributed by atoms with Gasteiger partial charge in [0.2, 0.25) is 0 Å². The molecule has 0 radical (unpaired) electrons. The predicted octanol–water partition coefficient (Wildman–Crippen LogP) is 11.0. The number of hydrogen-bond acceptors (Lipinski definition) is 3. The third-order valence-electron chi connectivity index (χ3n) is 8.88. The minimum Gasteiger partial charge on any atom is -0.509 e. The summed E-state index contributed by atoms with van der Waals surface area (Å²) in [5.74, 6) is 1.64. The van der Waals surface area contributed by atoms with Gasteiger partial charge in [-0.25, -0.2) is 9.37 Å². The fourth-order valence-electron chi connectivity index (χ4n) is 7.04. The Kier molecular flexibility index (Phi) is 9.37. The summed E-state index contributed by atoms with van der Waals surface area (Å²) in [7, 11) is 0. The van der Waals surface area contributed by atoms with Crippen molar-refractivity contribution in [1.82, 2.24) is 19.3 Å². The number of ether oxygens (including phenoxy) is 1. The van der Waals surface area contributed by atoms with Gasteiger partial charge >= 0.3 is 20.4 Å². The molecule has 3 aromatic heterocycles. The number of nitrogens with zero attached hydrogens (tertiary/aromatic N) is 4. The Morgan fingerprint density at radius 2 is 1.45 bits per heavy atom. The Bertz CT molecular complexity index is 2330. The summed E-state index contributed by atoms with van der Waals surface area (Å²) in [4.78, 5) is 4.48. The van der Waals surface area contributed by atoms with Crippen LogP contribution in [0.4, 0.5) is 4.39 Å². The molecule has 5 nitrogen and oxygen atoms in total. The first-order chi connectivity index (χ1) is 23.0. The van der Waals surface area contributed by atoms with Crippen LogP contribution in [-0.2, 0) is 20.4 Å². The number of rotatable bonds is 7. The van der Waals surface area contributed by atoms with Crippen molar-refractivity contribution in [2.24, 2.45) is 0 Å². The molecule has 4 aromatic carbocycles. The van der Waals surface area contributed by atoms with Gasteiger partial charge in [-0.1, -0.05) is 76.0 Å². The maximum absolute atomic E-state index is 14.3. The number of hydrogen-bond donors (Lipinski definition) is 0. The second-order valence-electron chi connectivity index (χ2n) is 13.4. The first-order valence-corrected chi connectivity index (χ1v) is 16.5. The Balaban J connectivity index is 0.00000417. The molecule has 49 heavy (non-hydrogen) atoms. The number of aromatic nitrogens is 4. The molecular weight excluding hydrogens is 702 g/mol. The van der Waals surface area contributed by atoms with Crippen molar-refractivity contribution in [3.05, 3.63) is 131 Å². The van der Waals surface area contributed by atoms with Crippen molar-refractivity contribution in [3.63, 3.8) is 0 Å². The van der Waals surface area contributed by atoms with Crippen molar-refractivity contribution in [2.75, 3.05) is 0 Å². The smallest absolute Gasteiger partial charge is 0.509 e. The van der Waals surface area contributed by atoms with Gasteiger partial charge < -0.3 is 9.30 Å². The average molecular weight is 741 g/mol. The SMILES string of the molecule is Cc1cc(Oc2[c-]c3c(cc2)c2ccccc2n3-c2cc(F)ccn2)[c-]c(-n2nc(C(C)C)c(-c3c(C)cc(C)cc3C)c2C(C)C)c1.[Pd+2]. The van der Waals surface area contributed by atoms with Crippen LogP contribution in [0, 0.1) is 45.6 Å². The maximum atomic E-state index is 14.3. The number of pyridine rings is 1. The number of fused-ring (bicyclic) bond motifs is 3. The Labute approximate surface area is 301 Å². The predicted molar refractivity (Wildman–Crippen MR) is 192 cm³/mol. The second kappa shape index (κ2) is 13.4. The fraction of sp³-hybridized carbons (Fsp3) is 0.238. The van der Waals surface area contributed by atoms with Gasteiger partial charge in [0, 0.05) is 34.8 Å². The zero-order chi connectivity index (χ0) is 33.9. The Morgan fingerprint density at radius 1 is 0.735 bits per heavy atom. The van der Waals surface area contributed by atoms with Crippen LogP contribution in [0.5, 0.6) is 11.5 Å². The minimum absolute atomic E-state index is 0. The van der Waals surface area contributed by atoms with E-state index in [-0.39, 0.29) is 38.1 Å². The van der Waals surface area contributed by atoms with Crippen molar-refractivity contribution in [1.29, 1.82) is 0 Å². The van der Waals surface area contributed by atoms with E-state index in [1.807, 2.05) is 41.0 Å². The van der Waals surface area contributed by atoms with E-state index in [1.165, 1.54) is 46.1 Å². The maximum Gasteiger partial charge on any atom is 2.00 e. The molecule has 0 bridgehead atoms. The van der Waals surface area contributed by atoms with Crippen molar-refractivity contribution >= 4 is 21.8 Å². The van der Waals surface area contributed by atoms with Crippen molar-refractivity contribution in [3.8, 4) is 34.1 Å². The standard InChI is InChI=1S/C42H39FN4O.Pd/c1-24(2)41-40(39-28(7)17-26(5)18-29(39)8)42(25(3)4)47(45-41)31-19-27(6)20-33(22-31)48-32-13-14-35-34-11-9-10-12-36(34)46(37(35)23-32)38-21-30(43)15-16-44-38;/h9-21,24-25H,1-8H3;/q-2;+2. The zero-order valence-electron chi connectivity index (χ0n) is 29.1. The number of para-hydroxylation sites is 1. The summed E-state index contributed by atoms with van der Waals surface area (Å²) in [6.07, 6.45) is 1.48. The van der Waals surface area contributed by atoms with Crippen LogP contribution < -0.4 is 4.74 Å². The zero-order valence-corrected chi connectivity index (χ0v) is 30.6. The second-order valence-corrected chi connectivity index (χ2v) is 13.4. The Hall–Kier alpha value is -4.57. The summed E-state index contributed by atoms with van der Waals surface area (Å²) in [6, 6.07) is 30.3. The van der Waals surface area contributed by atoms with E-state index in [9.17, 15) is 4.39 Å². The summed E-state index contributed by atoms with van der Waals surface area (Å²) >= 11 is 0. The quantitative estimate of drug-likeness (QED) is 0.121. The molecule has 0 saturated carbocycles. The summed E-state index contributed by atoms with van der Waals surface area (Å²) < 4.78 is 24.8. The summed E-state index contributed by atoms with van der Waals surface area (Å²) in [5, 5.41) is 7.28. The van der Waals surface area contributed by atoms with Crippen LogP contribution in [-0.4, -0.2) is 19.3 Å². The van der Waals surface area contributed by atoms with E-state index in [2.05, 4.69) is 101 Å². The van der Waals surface area contributed by atoms with E-state index >= 15 is 0 Å². The van der Waals surface area contributed by atoms with Gasteiger partial charge in [-0.15, -0.1) is 35.7 Å². The number of halogens is 1. The molecule has 7 rings (SSSR count). The molecule has 7 aromatic rings. The summed E-state index contributed by atoms with van der Waals surface area (Å²) in [6.45, 7) is 17.5. The van der Waals surface area contributed by atoms with Crippen LogP contribution in [0.3, 0.4) is 0 Å². The summed E-state index contributed by atoms with van der Waals surface area (Å²) in [5.41, 5.74) is 12.0. The molecule has 3 heterocycles. The molecule has 0 aliphatic heterocycles. The largest absolute Gasteiger partial charge is 2.00 e. The van der Waals surface area contributed by atoms with Gasteiger partial charge in [-0.05, 0) is 72.5 Å². The van der Waals surface area contributed by atoms with E-state index in [0.29, 0.717) is 17.3 Å². The van der Waals surface area contributed by atoms with Gasteiger partial charge in [0.05, 0.1) is 11.4 Å². The molecule has 0 unspecified atom stereocenters. The average Bonchev–Trinajstić information content (AvgIpc) is 3.57. The molecule has 0 spiro atoms. The van der Waals surface area contributed by atoms with Crippen LogP contribution in [0.1, 0.15) is 73.2 Å². The topological polar surface area (TPSA) is 44.9 Å². The van der Waals surface area contributed by atoms with E-state index < -0.39 is 0 Å². The van der Waals surface area contributed by atoms with Crippen LogP contribution in [0.2, 0.25) is 0 Å². The molecular formula is C42H39FN4OPd. The van der Waals surface area contributed by atoms with E-state index in [1.54, 1.807) is 0 Å². The first-order valence-electron chi connectivity index (χ1n) is 16.5. The van der Waals surface area contributed by atoms with Gasteiger partial charge in [0.15, 0.2) is 0 Å². The van der Waals surface area contributed by atoms with Gasteiger partial charge in [-0.3, -0.25) is 4.68 Å². The molecule has 7 heteroatoms. The third kappa shape index (κ3) is 6.23. The molecule has 0 aliphatic carbocycles. The van der Waals surface area contributed by atoms with Crippen LogP contribution >= 0.6 is 0 Å². The van der Waals surface area contributed by atoms with Gasteiger partial charge in [0.1, 0.15) is 11.6 Å². The number of aryl methyl sites for hydroxylation is 4. The molecule has 0 aliphatic rings.